The standard InChI is InChI=1S/C55H37N3Si/c56-38-39-27-33-54-50(35-39)48-23-10-12-25-52(48)57(54)42-28-30-46(31-29-42)59(44-19-6-2-7-20-44,45-21-8-3-9-22-45)47-32-34-55-51(37-47)49-24-11-13-26-53(49)58(55)43-18-14-17-41(36-43)40-15-4-1-5-16-40/h1-37H. The monoisotopic (exact) mass is 767 g/mol. The molecule has 0 unspecified atom stereocenters. The van der Waals surface area contributed by atoms with Gasteiger partial charge in [0.1, 0.15) is 0 Å². The van der Waals surface area contributed by atoms with E-state index in [1.54, 1.807) is 0 Å². The third-order valence-corrected chi connectivity index (χ3v) is 16.9. The molecule has 0 saturated heterocycles. The summed E-state index contributed by atoms with van der Waals surface area (Å²) in [6, 6.07) is 84.1. The fourth-order valence-corrected chi connectivity index (χ4v) is 14.2. The molecule has 4 heteroatoms. The smallest absolute Gasteiger partial charge is 0.179 e. The summed E-state index contributed by atoms with van der Waals surface area (Å²) in [4.78, 5) is 0. The number of fused-ring (bicyclic) bond motifs is 6. The van der Waals surface area contributed by atoms with Crippen molar-refractivity contribution in [2.75, 3.05) is 0 Å². The van der Waals surface area contributed by atoms with Crippen molar-refractivity contribution in [2.45, 2.75) is 0 Å². The maximum atomic E-state index is 9.74. The summed E-state index contributed by atoms with van der Waals surface area (Å²) < 4.78 is 4.76. The Morgan fingerprint density at radius 1 is 0.322 bits per heavy atom. The van der Waals surface area contributed by atoms with E-state index < -0.39 is 8.07 Å². The zero-order valence-corrected chi connectivity index (χ0v) is 33.2. The van der Waals surface area contributed by atoms with Crippen LogP contribution in [0.2, 0.25) is 0 Å². The first kappa shape index (κ1) is 34.5. The fourth-order valence-electron chi connectivity index (χ4n) is 9.50. The Kier molecular flexibility index (Phi) is 8.21. The molecule has 0 fully saturated rings. The largest absolute Gasteiger partial charge is 0.309 e. The van der Waals surface area contributed by atoms with Crippen molar-refractivity contribution < 1.29 is 0 Å². The van der Waals surface area contributed by atoms with Crippen molar-refractivity contribution in [1.29, 1.82) is 5.26 Å². The third-order valence-electron chi connectivity index (χ3n) is 12.1. The summed E-state index contributed by atoms with van der Waals surface area (Å²) in [6.07, 6.45) is 0. The number of hydrogen-bond donors (Lipinski definition) is 0. The van der Waals surface area contributed by atoms with Crippen LogP contribution in [0.1, 0.15) is 5.56 Å². The van der Waals surface area contributed by atoms with E-state index in [-0.39, 0.29) is 0 Å². The van der Waals surface area contributed by atoms with Crippen molar-refractivity contribution in [3.63, 3.8) is 0 Å². The van der Waals surface area contributed by atoms with E-state index in [4.69, 9.17) is 0 Å². The lowest BCUT2D eigenvalue weighted by molar-refractivity contribution is 1.18. The molecule has 276 valence electrons. The van der Waals surface area contributed by atoms with Gasteiger partial charge in [-0.1, -0.05) is 164 Å². The zero-order chi connectivity index (χ0) is 39.3. The van der Waals surface area contributed by atoms with Gasteiger partial charge in [0.15, 0.2) is 8.07 Å². The molecular formula is C55H37N3Si. The van der Waals surface area contributed by atoms with Gasteiger partial charge in [0.2, 0.25) is 0 Å². The van der Waals surface area contributed by atoms with Crippen molar-refractivity contribution in [3.05, 3.63) is 230 Å². The van der Waals surface area contributed by atoms with Gasteiger partial charge in [-0.15, -0.1) is 0 Å². The van der Waals surface area contributed by atoms with Gasteiger partial charge < -0.3 is 9.13 Å². The van der Waals surface area contributed by atoms with Crippen LogP contribution in [0.4, 0.5) is 0 Å². The Morgan fingerprint density at radius 3 is 1.42 bits per heavy atom. The second-order valence-electron chi connectivity index (χ2n) is 15.2. The van der Waals surface area contributed by atoms with Gasteiger partial charge in [0.05, 0.1) is 33.7 Å². The van der Waals surface area contributed by atoms with Gasteiger partial charge in [-0.05, 0) is 92.5 Å². The maximum absolute atomic E-state index is 9.74. The number of aromatic nitrogens is 2. The van der Waals surface area contributed by atoms with Gasteiger partial charge in [-0.2, -0.15) is 5.26 Å². The summed E-state index contributed by atoms with van der Waals surface area (Å²) in [5.74, 6) is 0. The van der Waals surface area contributed by atoms with Crippen molar-refractivity contribution in [2.24, 2.45) is 0 Å². The summed E-state index contributed by atoms with van der Waals surface area (Å²) in [5.41, 5.74) is 9.88. The summed E-state index contributed by atoms with van der Waals surface area (Å²) >= 11 is 0. The number of para-hydroxylation sites is 2. The summed E-state index contributed by atoms with van der Waals surface area (Å²) in [7, 11) is -2.91. The molecule has 0 spiro atoms. The van der Waals surface area contributed by atoms with E-state index in [2.05, 4.69) is 228 Å². The molecule has 0 N–H and O–H groups in total. The van der Waals surface area contributed by atoms with Crippen LogP contribution in [-0.2, 0) is 0 Å². The molecule has 11 aromatic rings. The second-order valence-corrected chi connectivity index (χ2v) is 19.0. The first-order valence-corrected chi connectivity index (χ1v) is 22.1. The summed E-state index contributed by atoms with van der Waals surface area (Å²) in [6.45, 7) is 0. The zero-order valence-electron chi connectivity index (χ0n) is 32.2. The quantitative estimate of drug-likeness (QED) is 0.117. The number of hydrogen-bond acceptors (Lipinski definition) is 1. The molecular weight excluding hydrogens is 731 g/mol. The lowest BCUT2D eigenvalue weighted by atomic mass is 10.1. The van der Waals surface area contributed by atoms with Crippen LogP contribution >= 0.6 is 0 Å². The average molecular weight is 768 g/mol. The first-order valence-electron chi connectivity index (χ1n) is 20.1. The Balaban J connectivity index is 1.15. The average Bonchev–Trinajstić information content (AvgIpc) is 3.83. The highest BCUT2D eigenvalue weighted by molar-refractivity contribution is 7.20. The Bertz CT molecular complexity index is 3340. The van der Waals surface area contributed by atoms with Crippen LogP contribution in [0.25, 0.3) is 66.1 Å². The van der Waals surface area contributed by atoms with Crippen molar-refractivity contribution in [3.8, 4) is 28.6 Å². The highest BCUT2D eigenvalue weighted by atomic mass is 28.3. The first-order chi connectivity index (χ1) is 29.2. The Labute approximate surface area is 343 Å². The number of nitriles is 1. The Morgan fingerprint density at radius 2 is 0.797 bits per heavy atom. The van der Waals surface area contributed by atoms with Crippen LogP contribution < -0.4 is 20.7 Å². The van der Waals surface area contributed by atoms with Crippen LogP contribution in [0.15, 0.2) is 224 Å². The number of nitrogens with zero attached hydrogens (tertiary/aromatic N) is 3. The minimum Gasteiger partial charge on any atom is -0.309 e. The minimum absolute atomic E-state index is 0.665. The molecule has 0 bridgehead atoms. The molecule has 9 aromatic carbocycles. The van der Waals surface area contributed by atoms with Gasteiger partial charge in [-0.3, -0.25) is 0 Å². The molecule has 3 nitrogen and oxygen atoms in total. The molecule has 2 aromatic heterocycles. The molecule has 59 heavy (non-hydrogen) atoms. The van der Waals surface area contributed by atoms with E-state index in [1.165, 1.54) is 53.7 Å². The third kappa shape index (κ3) is 5.48. The highest BCUT2D eigenvalue weighted by Crippen LogP contribution is 2.35. The number of rotatable bonds is 7. The molecule has 0 atom stereocenters. The van der Waals surface area contributed by atoms with Gasteiger partial charge in [0, 0.05) is 32.9 Å². The van der Waals surface area contributed by atoms with E-state index in [0.29, 0.717) is 5.56 Å². The summed E-state index contributed by atoms with van der Waals surface area (Å²) in [5, 5.41) is 19.7. The van der Waals surface area contributed by atoms with Crippen LogP contribution in [0, 0.1) is 11.3 Å². The lowest BCUT2D eigenvalue weighted by Gasteiger charge is -2.34. The molecule has 0 amide bonds. The molecule has 0 aliphatic carbocycles. The predicted molar refractivity (Wildman–Crippen MR) is 249 cm³/mol. The topological polar surface area (TPSA) is 33.6 Å². The van der Waals surface area contributed by atoms with Crippen LogP contribution in [-0.4, -0.2) is 17.2 Å². The van der Waals surface area contributed by atoms with Crippen LogP contribution in [0.5, 0.6) is 0 Å². The maximum Gasteiger partial charge on any atom is 0.179 e. The van der Waals surface area contributed by atoms with Crippen molar-refractivity contribution >= 4 is 72.4 Å². The van der Waals surface area contributed by atoms with E-state index >= 15 is 0 Å². The minimum atomic E-state index is -2.91. The normalized spacial score (nSPS) is 11.7. The fraction of sp³-hybridized carbons (Fsp3) is 0. The van der Waals surface area contributed by atoms with Crippen molar-refractivity contribution in [1.82, 2.24) is 9.13 Å². The van der Waals surface area contributed by atoms with E-state index in [0.717, 1.165) is 33.2 Å². The van der Waals surface area contributed by atoms with E-state index in [1.807, 2.05) is 12.1 Å². The van der Waals surface area contributed by atoms with Crippen LogP contribution in [0.3, 0.4) is 0 Å². The molecule has 0 saturated carbocycles. The van der Waals surface area contributed by atoms with Gasteiger partial charge >= 0.3 is 0 Å². The SMILES string of the molecule is N#Cc1ccc2c(c1)c1ccccc1n2-c1ccc([Si](c2ccccc2)(c2ccccc2)c2ccc3c(c2)c2ccccc2n3-c2cccc(-c3ccccc3)c2)cc1. The highest BCUT2D eigenvalue weighted by Gasteiger charge is 2.41. The predicted octanol–water partition coefficient (Wildman–Crippen LogP) is 10.8. The van der Waals surface area contributed by atoms with Gasteiger partial charge in [-0.25, -0.2) is 0 Å². The molecule has 0 aliphatic rings. The molecule has 0 aliphatic heterocycles. The van der Waals surface area contributed by atoms with E-state index in [9.17, 15) is 5.26 Å². The molecule has 2 heterocycles. The lowest BCUT2D eigenvalue weighted by Crippen LogP contribution is -2.74. The van der Waals surface area contributed by atoms with Gasteiger partial charge in [0.25, 0.3) is 0 Å². The molecule has 0 radical (unpaired) electrons. The molecule has 11 rings (SSSR count). The second kappa shape index (κ2) is 14.0. The Hall–Kier alpha value is -7.71. The number of benzene rings is 9.